The highest BCUT2D eigenvalue weighted by atomic mass is 35.5. The number of aldehydes is 1. The first-order valence-corrected chi connectivity index (χ1v) is 11.6. The van der Waals surface area contributed by atoms with Crippen LogP contribution in [-0.4, -0.2) is 32.8 Å². The molecule has 0 amide bonds. The molecule has 2 aromatic rings. The van der Waals surface area contributed by atoms with Crippen molar-refractivity contribution in [2.75, 3.05) is 12.3 Å². The second-order valence-corrected chi connectivity index (χ2v) is 9.66. The van der Waals surface area contributed by atoms with Crippen LogP contribution in [0.2, 0.25) is 10.0 Å². The lowest BCUT2D eigenvalue weighted by Gasteiger charge is -2.16. The van der Waals surface area contributed by atoms with Crippen LogP contribution >= 0.6 is 23.2 Å². The van der Waals surface area contributed by atoms with Crippen LogP contribution in [0, 0.1) is 0 Å². The van der Waals surface area contributed by atoms with E-state index < -0.39 is 15.6 Å². The lowest BCUT2D eigenvalue weighted by molar-refractivity contribution is -0.104. The average molecular weight is 466 g/mol. The molecule has 2 N–H and O–H groups in total. The molecule has 0 radical (unpaired) electrons. The molecule has 0 bridgehead atoms. The number of halogens is 2. The summed E-state index contributed by atoms with van der Waals surface area (Å²) in [5.41, 5.74) is 7.68. The smallest absolute Gasteiger partial charge is 0.196 e. The summed E-state index contributed by atoms with van der Waals surface area (Å²) in [7, 11) is -3.30. The maximum Gasteiger partial charge on any atom is 0.196 e. The molecule has 0 spiro atoms. The van der Waals surface area contributed by atoms with Crippen LogP contribution < -0.4 is 5.73 Å². The van der Waals surface area contributed by atoms with Crippen molar-refractivity contribution in [2.24, 2.45) is 5.73 Å². The van der Waals surface area contributed by atoms with Crippen LogP contribution in [0.3, 0.4) is 0 Å². The quantitative estimate of drug-likeness (QED) is 0.258. The second-order valence-electron chi connectivity index (χ2n) is 6.49. The van der Waals surface area contributed by atoms with Gasteiger partial charge in [0.05, 0.1) is 21.4 Å². The number of nitrogens with two attached hydrogens (primary N) is 1. The fraction of sp³-hybridized carbons (Fsp3) is 0.182. The number of benzene rings is 2. The van der Waals surface area contributed by atoms with Gasteiger partial charge in [0.15, 0.2) is 15.6 Å². The Hall–Kier alpha value is -2.25. The summed E-state index contributed by atoms with van der Waals surface area (Å²) in [4.78, 5) is 24.3. The maximum absolute atomic E-state index is 13.3. The largest absolute Gasteiger partial charge is 0.326 e. The zero-order valence-corrected chi connectivity index (χ0v) is 18.7. The third-order valence-electron chi connectivity index (χ3n) is 4.55. The highest BCUT2D eigenvalue weighted by molar-refractivity contribution is 7.90. The number of hydrogen-bond donors (Lipinski definition) is 1. The third kappa shape index (κ3) is 5.46. The molecule has 0 saturated carbocycles. The van der Waals surface area contributed by atoms with Gasteiger partial charge in [-0.15, -0.1) is 0 Å². The Morgan fingerprint density at radius 2 is 1.77 bits per heavy atom. The van der Waals surface area contributed by atoms with Gasteiger partial charge in [-0.2, -0.15) is 0 Å². The minimum Gasteiger partial charge on any atom is -0.326 e. The Labute approximate surface area is 186 Å². The summed E-state index contributed by atoms with van der Waals surface area (Å²) >= 11 is 12.4. The second kappa shape index (κ2) is 10.2. The molecule has 5 nitrogen and oxygen atoms in total. The minimum atomic E-state index is -3.30. The predicted molar refractivity (Wildman–Crippen MR) is 122 cm³/mol. The Morgan fingerprint density at radius 3 is 2.30 bits per heavy atom. The van der Waals surface area contributed by atoms with Gasteiger partial charge in [-0.25, -0.2) is 8.42 Å². The van der Waals surface area contributed by atoms with E-state index in [0.717, 1.165) is 0 Å². The molecule has 0 aromatic heterocycles. The summed E-state index contributed by atoms with van der Waals surface area (Å²) in [6, 6.07) is 9.37. The molecule has 0 fully saturated rings. The number of sulfone groups is 1. The molecule has 0 heterocycles. The topological polar surface area (TPSA) is 94.3 Å². The van der Waals surface area contributed by atoms with Crippen molar-refractivity contribution >= 4 is 50.7 Å². The Kier molecular flexibility index (Phi) is 8.15. The van der Waals surface area contributed by atoms with Crippen molar-refractivity contribution in [3.8, 4) is 0 Å². The Balaban J connectivity index is 2.70. The number of carbonyl (C=O) groups is 2. The minimum absolute atomic E-state index is 0.00946. The van der Waals surface area contributed by atoms with E-state index >= 15 is 0 Å². The van der Waals surface area contributed by atoms with E-state index in [4.69, 9.17) is 28.9 Å². The maximum atomic E-state index is 13.3. The van der Waals surface area contributed by atoms with E-state index in [1.807, 2.05) is 0 Å². The third-order valence-corrected chi connectivity index (χ3v) is 6.83. The molecule has 0 unspecified atom stereocenters. The fourth-order valence-corrected chi connectivity index (χ4v) is 4.34. The van der Waals surface area contributed by atoms with Gasteiger partial charge in [0, 0.05) is 17.9 Å². The first-order valence-electron chi connectivity index (χ1n) is 9.01. The lowest BCUT2D eigenvalue weighted by atomic mass is 9.89. The standard InChI is InChI=1S/C22H21Cl2NO4S/c1-3-30(28,29)13-15-7-8-17(18(11-15)14(2)16(12-25)9-10-26)22(27)21-19(23)5-4-6-20(21)24/h4-11H,2-3,12-13,25H2,1H3/b16-9-. The van der Waals surface area contributed by atoms with Crippen LogP contribution in [0.4, 0.5) is 0 Å². The molecular formula is C22H21Cl2NO4S. The molecule has 158 valence electrons. The van der Waals surface area contributed by atoms with Crippen LogP contribution in [-0.2, 0) is 20.4 Å². The summed E-state index contributed by atoms with van der Waals surface area (Å²) < 4.78 is 24.1. The van der Waals surface area contributed by atoms with Gasteiger partial charge in [-0.05, 0) is 46.5 Å². The van der Waals surface area contributed by atoms with Crippen molar-refractivity contribution in [2.45, 2.75) is 12.7 Å². The van der Waals surface area contributed by atoms with Crippen molar-refractivity contribution < 1.29 is 18.0 Å². The van der Waals surface area contributed by atoms with Gasteiger partial charge in [-0.3, -0.25) is 9.59 Å². The predicted octanol–water partition coefficient (Wildman–Crippen LogP) is 4.26. The fourth-order valence-electron chi connectivity index (χ4n) is 2.88. The van der Waals surface area contributed by atoms with Gasteiger partial charge in [-0.1, -0.05) is 54.9 Å². The SMILES string of the molecule is C=C(/C(=C\C=O)CN)c1cc(CS(=O)(=O)CC)ccc1C(=O)c1c(Cl)cccc1Cl. The molecule has 2 aromatic carbocycles. The molecule has 0 saturated heterocycles. The van der Waals surface area contributed by atoms with E-state index in [9.17, 15) is 18.0 Å². The highest BCUT2D eigenvalue weighted by Crippen LogP contribution is 2.32. The molecule has 0 aliphatic carbocycles. The van der Waals surface area contributed by atoms with E-state index in [0.29, 0.717) is 28.6 Å². The highest BCUT2D eigenvalue weighted by Gasteiger charge is 2.22. The molecule has 0 aliphatic heterocycles. The van der Waals surface area contributed by atoms with Crippen LogP contribution in [0.1, 0.15) is 34.0 Å². The van der Waals surface area contributed by atoms with Crippen LogP contribution in [0.15, 0.2) is 54.6 Å². The molecule has 30 heavy (non-hydrogen) atoms. The summed E-state index contributed by atoms with van der Waals surface area (Å²) in [5, 5.41) is 0.369. The Bertz CT molecular complexity index is 1120. The number of allylic oxidation sites excluding steroid dienone is 1. The molecule has 0 aliphatic rings. The van der Waals surface area contributed by atoms with E-state index in [1.54, 1.807) is 37.3 Å². The van der Waals surface area contributed by atoms with Crippen molar-refractivity contribution in [3.63, 3.8) is 0 Å². The van der Waals surface area contributed by atoms with Gasteiger partial charge in [0.25, 0.3) is 0 Å². The number of carbonyl (C=O) groups excluding carboxylic acids is 2. The van der Waals surface area contributed by atoms with E-state index in [-0.39, 0.29) is 39.2 Å². The first-order chi connectivity index (χ1) is 14.1. The number of hydrogen-bond acceptors (Lipinski definition) is 5. The monoisotopic (exact) mass is 465 g/mol. The lowest BCUT2D eigenvalue weighted by Crippen LogP contribution is -2.12. The van der Waals surface area contributed by atoms with Crippen molar-refractivity contribution in [1.29, 1.82) is 0 Å². The normalized spacial score (nSPS) is 11.9. The summed E-state index contributed by atoms with van der Waals surface area (Å²) in [6.07, 6.45) is 1.83. The molecule has 2 rings (SSSR count). The number of rotatable bonds is 9. The van der Waals surface area contributed by atoms with Gasteiger partial charge >= 0.3 is 0 Å². The zero-order chi connectivity index (χ0) is 22.5. The van der Waals surface area contributed by atoms with Crippen molar-refractivity contribution in [3.05, 3.63) is 86.9 Å². The van der Waals surface area contributed by atoms with Gasteiger partial charge in [0.1, 0.15) is 6.29 Å². The molecular weight excluding hydrogens is 445 g/mol. The molecule has 0 atom stereocenters. The zero-order valence-electron chi connectivity index (χ0n) is 16.3. The van der Waals surface area contributed by atoms with Crippen molar-refractivity contribution in [1.82, 2.24) is 0 Å². The summed E-state index contributed by atoms with van der Waals surface area (Å²) in [5.74, 6) is -0.659. The van der Waals surface area contributed by atoms with Crippen LogP contribution in [0.5, 0.6) is 0 Å². The average Bonchev–Trinajstić information content (AvgIpc) is 2.71. The molecule has 8 heteroatoms. The summed E-state index contributed by atoms with van der Waals surface area (Å²) in [6.45, 7) is 5.55. The first kappa shape index (κ1) is 24.0. The number of ketones is 1. The van der Waals surface area contributed by atoms with Crippen LogP contribution in [0.25, 0.3) is 5.57 Å². The van der Waals surface area contributed by atoms with Gasteiger partial charge in [0.2, 0.25) is 0 Å². The van der Waals surface area contributed by atoms with E-state index in [1.165, 1.54) is 12.1 Å². The van der Waals surface area contributed by atoms with E-state index in [2.05, 4.69) is 6.58 Å². The van der Waals surface area contributed by atoms with Gasteiger partial charge < -0.3 is 5.73 Å². The Morgan fingerprint density at radius 1 is 1.13 bits per heavy atom.